The van der Waals surface area contributed by atoms with Crippen molar-refractivity contribution in [2.45, 2.75) is 33.4 Å². The van der Waals surface area contributed by atoms with E-state index in [4.69, 9.17) is 4.74 Å². The molecule has 29 heavy (non-hydrogen) atoms. The van der Waals surface area contributed by atoms with Gasteiger partial charge in [0.1, 0.15) is 5.75 Å². The molecule has 0 spiro atoms. The molecule has 3 rings (SSSR count). The Morgan fingerprint density at radius 2 is 1.76 bits per heavy atom. The van der Waals surface area contributed by atoms with E-state index < -0.39 is 6.10 Å². The topological polar surface area (TPSA) is 54.7 Å². The Morgan fingerprint density at radius 1 is 1.10 bits per heavy atom. The molecule has 0 unspecified atom stereocenters. The van der Waals surface area contributed by atoms with Crippen molar-refractivity contribution in [2.24, 2.45) is 0 Å². The van der Waals surface area contributed by atoms with E-state index in [1.807, 2.05) is 35.8 Å². The van der Waals surface area contributed by atoms with Gasteiger partial charge in [0.25, 0.3) is 0 Å². The van der Waals surface area contributed by atoms with Gasteiger partial charge in [0, 0.05) is 23.0 Å². The predicted molar refractivity (Wildman–Crippen MR) is 117 cm³/mol. The number of aliphatic hydroxyl groups is 1. The molecule has 154 valence electrons. The predicted octanol–water partition coefficient (Wildman–Crippen LogP) is 3.89. The minimum absolute atomic E-state index is 0.0450. The Bertz CT molecular complexity index is 972. The summed E-state index contributed by atoms with van der Waals surface area (Å²) in [6, 6.07) is 15.2. The van der Waals surface area contributed by atoms with Crippen LogP contribution in [0, 0.1) is 6.92 Å². The summed E-state index contributed by atoms with van der Waals surface area (Å²) in [6.07, 6.45) is -0.562. The van der Waals surface area contributed by atoms with Gasteiger partial charge in [-0.15, -0.1) is 0 Å². The standard InChI is InChI=1S/C24H30N2O3/c1-5-25(6-2)15-19(27)16-26-22-10-8-7-9-21(22)17(3)23(26)24(28)18-11-13-20(29-4)14-12-18/h7-14,19,27H,5-6,15-16H2,1-4H3/t19-/m0/s1. The summed E-state index contributed by atoms with van der Waals surface area (Å²) in [4.78, 5) is 15.6. The fourth-order valence-corrected chi connectivity index (χ4v) is 3.89. The monoisotopic (exact) mass is 394 g/mol. The molecule has 0 fully saturated rings. The molecule has 5 nitrogen and oxygen atoms in total. The largest absolute Gasteiger partial charge is 0.497 e. The number of rotatable bonds is 9. The maximum atomic E-state index is 13.4. The van der Waals surface area contributed by atoms with Gasteiger partial charge in [-0.1, -0.05) is 32.0 Å². The van der Waals surface area contributed by atoms with Crippen LogP contribution in [0.3, 0.4) is 0 Å². The Balaban J connectivity index is 2.02. The second-order valence-electron chi connectivity index (χ2n) is 7.30. The van der Waals surface area contributed by atoms with Crippen LogP contribution >= 0.6 is 0 Å². The number of ether oxygens (including phenoxy) is 1. The molecule has 1 N–H and O–H groups in total. The van der Waals surface area contributed by atoms with Crippen LogP contribution in [0.5, 0.6) is 5.75 Å². The third-order valence-corrected chi connectivity index (χ3v) is 5.55. The van der Waals surface area contributed by atoms with Crippen molar-refractivity contribution in [3.05, 3.63) is 65.4 Å². The summed E-state index contributed by atoms with van der Waals surface area (Å²) in [5, 5.41) is 11.8. The van der Waals surface area contributed by atoms with Crippen molar-refractivity contribution >= 4 is 16.7 Å². The quantitative estimate of drug-likeness (QED) is 0.560. The molecule has 5 heteroatoms. The molecule has 1 atom stereocenters. The molecule has 0 aliphatic heterocycles. The van der Waals surface area contributed by atoms with E-state index in [1.54, 1.807) is 31.4 Å². The highest BCUT2D eigenvalue weighted by Crippen LogP contribution is 2.28. The van der Waals surface area contributed by atoms with Gasteiger partial charge in [-0.3, -0.25) is 4.79 Å². The average Bonchev–Trinajstić information content (AvgIpc) is 3.03. The lowest BCUT2D eigenvalue weighted by Crippen LogP contribution is -2.35. The van der Waals surface area contributed by atoms with Crippen molar-refractivity contribution in [3.8, 4) is 5.75 Å². The van der Waals surface area contributed by atoms with Gasteiger partial charge in [-0.25, -0.2) is 0 Å². The number of methoxy groups -OCH3 is 1. The maximum Gasteiger partial charge on any atom is 0.209 e. The number of nitrogens with zero attached hydrogens (tertiary/aromatic N) is 2. The minimum atomic E-state index is -0.562. The van der Waals surface area contributed by atoms with E-state index in [1.165, 1.54) is 0 Å². The van der Waals surface area contributed by atoms with Gasteiger partial charge < -0.3 is 19.3 Å². The van der Waals surface area contributed by atoms with Crippen molar-refractivity contribution in [3.63, 3.8) is 0 Å². The highest BCUT2D eigenvalue weighted by Gasteiger charge is 2.23. The normalized spacial score (nSPS) is 12.5. The zero-order chi connectivity index (χ0) is 21.0. The molecular weight excluding hydrogens is 364 g/mol. The van der Waals surface area contributed by atoms with Crippen LogP contribution < -0.4 is 4.74 Å². The molecule has 0 aliphatic carbocycles. The van der Waals surface area contributed by atoms with Gasteiger partial charge in [-0.05, 0) is 55.9 Å². The zero-order valence-electron chi connectivity index (χ0n) is 17.7. The van der Waals surface area contributed by atoms with Crippen LogP contribution in [0.25, 0.3) is 10.9 Å². The van der Waals surface area contributed by atoms with Gasteiger partial charge in [-0.2, -0.15) is 0 Å². The van der Waals surface area contributed by atoms with Crippen LogP contribution in [0.1, 0.15) is 35.5 Å². The van der Waals surface area contributed by atoms with Crippen molar-refractivity contribution < 1.29 is 14.6 Å². The first-order valence-electron chi connectivity index (χ1n) is 10.2. The van der Waals surface area contributed by atoms with E-state index in [9.17, 15) is 9.90 Å². The van der Waals surface area contributed by atoms with Gasteiger partial charge in [0.15, 0.2) is 0 Å². The highest BCUT2D eigenvalue weighted by molar-refractivity contribution is 6.12. The Labute approximate surface area is 172 Å². The number of hydrogen-bond donors (Lipinski definition) is 1. The summed E-state index contributed by atoms with van der Waals surface area (Å²) in [7, 11) is 1.61. The average molecular weight is 395 g/mol. The van der Waals surface area contributed by atoms with Gasteiger partial charge in [0.2, 0.25) is 5.78 Å². The SMILES string of the molecule is CCN(CC)C[C@H](O)Cn1c(C(=O)c2ccc(OC)cc2)c(C)c2ccccc21. The lowest BCUT2D eigenvalue weighted by atomic mass is 10.0. The summed E-state index contributed by atoms with van der Waals surface area (Å²) in [5.74, 6) is 0.671. The number of carbonyl (C=O) groups is 1. The number of aliphatic hydroxyl groups excluding tert-OH is 1. The molecule has 0 radical (unpaired) electrons. The number of aryl methyl sites for hydroxylation is 1. The first kappa shape index (κ1) is 21.1. The van der Waals surface area contributed by atoms with Crippen LogP contribution in [0.15, 0.2) is 48.5 Å². The fourth-order valence-electron chi connectivity index (χ4n) is 3.89. The molecule has 1 aromatic heterocycles. The van der Waals surface area contributed by atoms with Crippen molar-refractivity contribution in [1.29, 1.82) is 0 Å². The number of hydrogen-bond acceptors (Lipinski definition) is 4. The lowest BCUT2D eigenvalue weighted by Gasteiger charge is -2.23. The summed E-state index contributed by atoms with van der Waals surface area (Å²) < 4.78 is 7.18. The Morgan fingerprint density at radius 3 is 2.38 bits per heavy atom. The molecule has 0 aliphatic rings. The fraction of sp³-hybridized carbons (Fsp3) is 0.375. The molecule has 0 amide bonds. The summed E-state index contributed by atoms with van der Waals surface area (Å²) in [6.45, 7) is 8.88. The maximum absolute atomic E-state index is 13.4. The van der Waals surface area contributed by atoms with Crippen LogP contribution in [-0.4, -0.2) is 53.2 Å². The van der Waals surface area contributed by atoms with E-state index >= 15 is 0 Å². The second-order valence-corrected chi connectivity index (χ2v) is 7.30. The zero-order valence-corrected chi connectivity index (χ0v) is 17.7. The van der Waals surface area contributed by atoms with Crippen LogP contribution in [0.2, 0.25) is 0 Å². The minimum Gasteiger partial charge on any atom is -0.497 e. The third kappa shape index (κ3) is 4.36. The molecule has 0 saturated heterocycles. The lowest BCUT2D eigenvalue weighted by molar-refractivity contribution is 0.0975. The van der Waals surface area contributed by atoms with E-state index in [0.29, 0.717) is 30.1 Å². The number of likely N-dealkylation sites (N-methyl/N-ethyl adjacent to an activating group) is 1. The molecule has 2 aromatic carbocycles. The molecule has 0 bridgehead atoms. The summed E-state index contributed by atoms with van der Waals surface area (Å²) >= 11 is 0. The Hall–Kier alpha value is -2.63. The van der Waals surface area contributed by atoms with E-state index in [2.05, 4.69) is 18.7 Å². The second kappa shape index (κ2) is 9.25. The van der Waals surface area contributed by atoms with Crippen molar-refractivity contribution in [2.75, 3.05) is 26.7 Å². The first-order chi connectivity index (χ1) is 14.0. The third-order valence-electron chi connectivity index (χ3n) is 5.55. The van der Waals surface area contributed by atoms with Crippen molar-refractivity contribution in [1.82, 2.24) is 9.47 Å². The highest BCUT2D eigenvalue weighted by atomic mass is 16.5. The number of ketones is 1. The number of fused-ring (bicyclic) bond motifs is 1. The van der Waals surface area contributed by atoms with E-state index in [-0.39, 0.29) is 5.78 Å². The number of benzene rings is 2. The number of para-hydroxylation sites is 1. The van der Waals surface area contributed by atoms with Crippen LogP contribution in [0.4, 0.5) is 0 Å². The van der Waals surface area contributed by atoms with Gasteiger partial charge in [0.05, 0.1) is 25.5 Å². The van der Waals surface area contributed by atoms with Crippen LogP contribution in [-0.2, 0) is 6.54 Å². The number of carbonyl (C=O) groups excluding carboxylic acids is 1. The molecule has 0 saturated carbocycles. The first-order valence-corrected chi connectivity index (χ1v) is 10.2. The molecular formula is C24H30N2O3. The van der Waals surface area contributed by atoms with E-state index in [0.717, 1.165) is 29.6 Å². The molecule has 1 heterocycles. The molecule has 3 aromatic rings. The number of aromatic nitrogens is 1. The van der Waals surface area contributed by atoms with Gasteiger partial charge >= 0.3 is 0 Å². The summed E-state index contributed by atoms with van der Waals surface area (Å²) in [5.41, 5.74) is 3.16. The Kier molecular flexibility index (Phi) is 6.72. The smallest absolute Gasteiger partial charge is 0.209 e.